The minimum absolute atomic E-state index is 0.102. The molecule has 0 bridgehead atoms. The number of allylic oxidation sites excluding steroid dienone is 3. The second-order valence-electron chi connectivity index (χ2n) is 7.98. The Kier molecular flexibility index (Phi) is 4.59. The summed E-state index contributed by atoms with van der Waals surface area (Å²) < 4.78 is 5.35. The van der Waals surface area contributed by atoms with Crippen LogP contribution in [0.3, 0.4) is 0 Å². The van der Waals surface area contributed by atoms with Crippen molar-refractivity contribution in [2.24, 2.45) is 0 Å². The van der Waals surface area contributed by atoms with E-state index in [9.17, 15) is 4.79 Å². The molecule has 3 aromatic carbocycles. The molecule has 5 rings (SSSR count). The second kappa shape index (κ2) is 7.44. The minimum Gasteiger partial charge on any atom is -0.497 e. The number of ketones is 1. The number of carbonyl (C=O) groups is 1. The van der Waals surface area contributed by atoms with Crippen molar-refractivity contribution in [2.75, 3.05) is 7.11 Å². The van der Waals surface area contributed by atoms with E-state index in [1.165, 1.54) is 0 Å². The molecule has 0 fully saturated rings. The van der Waals surface area contributed by atoms with Crippen LogP contribution in [0.2, 0.25) is 0 Å². The maximum Gasteiger partial charge on any atom is 0.194 e. The monoisotopic (exact) mass is 405 g/mol. The Morgan fingerprint density at radius 1 is 0.903 bits per heavy atom. The van der Waals surface area contributed by atoms with Gasteiger partial charge in [-0.25, -0.2) is 0 Å². The number of Topliss-reactive ketones (excluding diaryl/α,β-unsaturated/α-hetero) is 1. The fraction of sp³-hybridized carbons (Fsp3) is 0.107. The van der Waals surface area contributed by atoms with Crippen molar-refractivity contribution in [3.05, 3.63) is 114 Å². The fourth-order valence-electron chi connectivity index (χ4n) is 4.31. The number of hydrogen-bond acceptors (Lipinski definition) is 3. The summed E-state index contributed by atoms with van der Waals surface area (Å²) in [6, 6.07) is 22.4. The minimum atomic E-state index is -0.713. The Morgan fingerprint density at radius 2 is 1.68 bits per heavy atom. The Bertz CT molecular complexity index is 1300. The Labute approximate surface area is 182 Å². The summed E-state index contributed by atoms with van der Waals surface area (Å²) in [5, 5.41) is 2.21. The zero-order chi connectivity index (χ0) is 21.4. The summed E-state index contributed by atoms with van der Waals surface area (Å²) in [7, 11) is 1.67. The molecule has 1 atom stereocenters. The summed E-state index contributed by atoms with van der Waals surface area (Å²) in [6.07, 6.45) is 11.9. The number of fused-ring (bicyclic) bond motifs is 2. The molecule has 0 N–H and O–H groups in total. The number of nitrogens with zero attached hydrogens (tertiary/aromatic N) is 1. The second-order valence-corrected chi connectivity index (χ2v) is 7.98. The summed E-state index contributed by atoms with van der Waals surface area (Å²) >= 11 is 0. The van der Waals surface area contributed by atoms with Gasteiger partial charge in [-0.05, 0) is 59.2 Å². The van der Waals surface area contributed by atoms with Crippen LogP contribution in [-0.4, -0.2) is 23.3 Å². The van der Waals surface area contributed by atoms with Crippen LogP contribution in [0, 0.1) is 0 Å². The number of rotatable bonds is 4. The molecule has 0 spiro atoms. The van der Waals surface area contributed by atoms with Crippen LogP contribution in [0.1, 0.15) is 18.1 Å². The van der Waals surface area contributed by atoms with Gasteiger partial charge in [0.1, 0.15) is 11.3 Å². The highest BCUT2D eigenvalue weighted by Crippen LogP contribution is 2.43. The van der Waals surface area contributed by atoms with Gasteiger partial charge in [-0.2, -0.15) is 0 Å². The molecule has 152 valence electrons. The molecular weight excluding hydrogens is 382 g/mol. The molecule has 3 heteroatoms. The van der Waals surface area contributed by atoms with Crippen molar-refractivity contribution in [1.29, 1.82) is 0 Å². The van der Waals surface area contributed by atoms with Gasteiger partial charge in [-0.15, -0.1) is 0 Å². The lowest BCUT2D eigenvalue weighted by atomic mass is 9.92. The fourth-order valence-corrected chi connectivity index (χ4v) is 4.31. The standard InChI is InChI=1S/C28H23NO2/c1-28-16-6-7-17-29(28)26(25(27(28)30)15-10-20-8-4-3-5-9-20)23-12-11-22-19-24(31-2)14-13-21(22)18-23/h3-19H,1-2H3/b15-10+. The molecule has 0 saturated carbocycles. The third kappa shape index (κ3) is 3.19. The van der Waals surface area contributed by atoms with Gasteiger partial charge < -0.3 is 9.64 Å². The molecule has 3 aromatic rings. The predicted octanol–water partition coefficient (Wildman–Crippen LogP) is 6.00. The summed E-state index contributed by atoms with van der Waals surface area (Å²) in [4.78, 5) is 15.6. The zero-order valence-electron chi connectivity index (χ0n) is 17.6. The van der Waals surface area contributed by atoms with Crippen molar-refractivity contribution < 1.29 is 9.53 Å². The lowest BCUT2D eigenvalue weighted by molar-refractivity contribution is -0.119. The van der Waals surface area contributed by atoms with E-state index in [2.05, 4.69) is 29.2 Å². The maximum atomic E-state index is 13.6. The lowest BCUT2D eigenvalue weighted by Crippen LogP contribution is -2.43. The van der Waals surface area contributed by atoms with Crippen molar-refractivity contribution in [3.8, 4) is 5.75 Å². The summed E-state index contributed by atoms with van der Waals surface area (Å²) in [5.74, 6) is 0.934. The van der Waals surface area contributed by atoms with Crippen LogP contribution in [0.25, 0.3) is 22.5 Å². The number of methoxy groups -OCH3 is 1. The maximum absolute atomic E-state index is 13.6. The highest BCUT2D eigenvalue weighted by atomic mass is 16.5. The smallest absolute Gasteiger partial charge is 0.194 e. The molecule has 0 radical (unpaired) electrons. The summed E-state index contributed by atoms with van der Waals surface area (Å²) in [5.41, 5.74) is 3.01. The highest BCUT2D eigenvalue weighted by Gasteiger charge is 2.47. The first-order valence-corrected chi connectivity index (χ1v) is 10.4. The van der Waals surface area contributed by atoms with Crippen molar-refractivity contribution in [3.63, 3.8) is 0 Å². The van der Waals surface area contributed by atoms with Crippen LogP contribution in [0.4, 0.5) is 0 Å². The third-order valence-corrected chi connectivity index (χ3v) is 6.03. The van der Waals surface area contributed by atoms with Crippen LogP contribution in [0.5, 0.6) is 5.75 Å². The first-order chi connectivity index (χ1) is 15.1. The van der Waals surface area contributed by atoms with E-state index in [0.29, 0.717) is 0 Å². The van der Waals surface area contributed by atoms with Gasteiger partial charge in [0.15, 0.2) is 5.78 Å². The Morgan fingerprint density at radius 3 is 2.48 bits per heavy atom. The number of carbonyl (C=O) groups excluding carboxylic acids is 1. The Hall–Kier alpha value is -3.85. The van der Waals surface area contributed by atoms with Crippen molar-refractivity contribution in [2.45, 2.75) is 12.5 Å². The zero-order valence-corrected chi connectivity index (χ0v) is 17.6. The van der Waals surface area contributed by atoms with Crippen LogP contribution in [-0.2, 0) is 4.79 Å². The third-order valence-electron chi connectivity index (χ3n) is 6.03. The molecule has 2 aliphatic heterocycles. The van der Waals surface area contributed by atoms with E-state index in [-0.39, 0.29) is 5.78 Å². The van der Waals surface area contributed by atoms with E-state index >= 15 is 0 Å². The number of benzene rings is 3. The molecule has 0 aromatic heterocycles. The van der Waals surface area contributed by atoms with Gasteiger partial charge >= 0.3 is 0 Å². The van der Waals surface area contributed by atoms with E-state index in [4.69, 9.17) is 4.74 Å². The van der Waals surface area contributed by atoms with Crippen LogP contribution in [0.15, 0.2) is 103 Å². The SMILES string of the molecule is COc1ccc2cc(C3=C(/C=C/c4ccccc4)C(=O)C4(C)C=CC=CN34)ccc2c1. The van der Waals surface area contributed by atoms with Crippen molar-refractivity contribution >= 4 is 28.3 Å². The highest BCUT2D eigenvalue weighted by molar-refractivity contribution is 6.16. The molecular formula is C28H23NO2. The van der Waals surface area contributed by atoms with Gasteiger partial charge in [0, 0.05) is 11.8 Å². The van der Waals surface area contributed by atoms with E-state index in [1.807, 2.05) is 86.0 Å². The van der Waals surface area contributed by atoms with Gasteiger partial charge in [0.2, 0.25) is 0 Å². The first kappa shape index (κ1) is 19.1. The molecule has 2 aliphatic rings. The average Bonchev–Trinajstić information content (AvgIpc) is 3.04. The molecule has 1 unspecified atom stereocenters. The van der Waals surface area contributed by atoms with Crippen LogP contribution >= 0.6 is 0 Å². The largest absolute Gasteiger partial charge is 0.497 e. The average molecular weight is 405 g/mol. The molecule has 31 heavy (non-hydrogen) atoms. The van der Waals surface area contributed by atoms with Gasteiger partial charge in [0.05, 0.1) is 12.8 Å². The first-order valence-electron chi connectivity index (χ1n) is 10.4. The topological polar surface area (TPSA) is 29.5 Å². The number of hydrogen-bond donors (Lipinski definition) is 0. The Balaban J connectivity index is 1.67. The van der Waals surface area contributed by atoms with E-state index in [1.54, 1.807) is 7.11 Å². The number of ether oxygens (including phenoxy) is 1. The van der Waals surface area contributed by atoms with Gasteiger partial charge in [-0.1, -0.05) is 66.8 Å². The lowest BCUT2D eigenvalue weighted by Gasteiger charge is -2.34. The molecule has 2 heterocycles. The van der Waals surface area contributed by atoms with Gasteiger partial charge in [0.25, 0.3) is 0 Å². The molecule has 0 saturated heterocycles. The molecule has 3 nitrogen and oxygen atoms in total. The van der Waals surface area contributed by atoms with Crippen molar-refractivity contribution in [1.82, 2.24) is 4.90 Å². The quantitative estimate of drug-likeness (QED) is 0.533. The van der Waals surface area contributed by atoms with E-state index in [0.717, 1.165) is 38.9 Å². The molecule has 0 aliphatic carbocycles. The predicted molar refractivity (Wildman–Crippen MR) is 126 cm³/mol. The normalized spacial score (nSPS) is 20.2. The summed E-state index contributed by atoms with van der Waals surface area (Å²) in [6.45, 7) is 1.98. The molecule has 0 amide bonds. The van der Waals surface area contributed by atoms with E-state index < -0.39 is 5.54 Å². The van der Waals surface area contributed by atoms with Crippen LogP contribution < -0.4 is 4.74 Å². The van der Waals surface area contributed by atoms with Gasteiger partial charge in [-0.3, -0.25) is 4.79 Å².